The molecule has 0 aromatic rings. The van der Waals surface area contributed by atoms with Gasteiger partial charge >= 0.3 is 0 Å². The molecule has 18 heavy (non-hydrogen) atoms. The second-order valence-corrected chi connectivity index (χ2v) is 5.86. The van der Waals surface area contributed by atoms with E-state index in [0.717, 1.165) is 12.6 Å². The van der Waals surface area contributed by atoms with Crippen LogP contribution in [-0.2, 0) is 0 Å². The van der Waals surface area contributed by atoms with Gasteiger partial charge in [-0.2, -0.15) is 0 Å². The first-order chi connectivity index (χ1) is 8.83. The molecule has 1 fully saturated rings. The highest BCUT2D eigenvalue weighted by atomic mass is 15.2. The van der Waals surface area contributed by atoms with Crippen molar-refractivity contribution >= 4 is 0 Å². The van der Waals surface area contributed by atoms with E-state index in [1.807, 2.05) is 0 Å². The van der Waals surface area contributed by atoms with Crippen molar-refractivity contribution in [2.45, 2.75) is 90.1 Å². The standard InChI is InChI=1S/C16H34N2/c1-3-5-6-8-13-16(14-17)18(4-2)15-11-9-7-10-12-15/h15-16H,3-14,17H2,1-2H3. The first-order valence-electron chi connectivity index (χ1n) is 8.29. The minimum absolute atomic E-state index is 0.634. The van der Waals surface area contributed by atoms with E-state index in [1.165, 1.54) is 70.8 Å². The first kappa shape index (κ1) is 16.0. The number of nitrogens with zero attached hydrogens (tertiary/aromatic N) is 1. The molecule has 1 aliphatic rings. The third-order valence-electron chi connectivity index (χ3n) is 4.54. The Labute approximate surface area is 114 Å². The van der Waals surface area contributed by atoms with Crippen LogP contribution in [0, 0.1) is 0 Å². The highest BCUT2D eigenvalue weighted by Gasteiger charge is 2.25. The second-order valence-electron chi connectivity index (χ2n) is 5.86. The molecule has 1 saturated carbocycles. The summed E-state index contributed by atoms with van der Waals surface area (Å²) in [5.74, 6) is 0. The van der Waals surface area contributed by atoms with E-state index in [0.29, 0.717) is 6.04 Å². The molecule has 0 heterocycles. The fourth-order valence-corrected chi connectivity index (χ4v) is 3.45. The van der Waals surface area contributed by atoms with Gasteiger partial charge in [-0.1, -0.05) is 58.8 Å². The Kier molecular flexibility index (Phi) is 8.70. The maximum atomic E-state index is 6.03. The van der Waals surface area contributed by atoms with Crippen molar-refractivity contribution in [3.8, 4) is 0 Å². The van der Waals surface area contributed by atoms with Crippen LogP contribution in [0.1, 0.15) is 78.1 Å². The van der Waals surface area contributed by atoms with Crippen LogP contribution in [-0.4, -0.2) is 30.1 Å². The zero-order valence-electron chi connectivity index (χ0n) is 12.7. The Morgan fingerprint density at radius 3 is 2.33 bits per heavy atom. The lowest BCUT2D eigenvalue weighted by atomic mass is 9.92. The molecule has 0 bridgehead atoms. The second kappa shape index (κ2) is 9.80. The number of rotatable bonds is 9. The summed E-state index contributed by atoms with van der Waals surface area (Å²) >= 11 is 0. The monoisotopic (exact) mass is 254 g/mol. The van der Waals surface area contributed by atoms with Gasteiger partial charge in [0.15, 0.2) is 0 Å². The molecule has 0 spiro atoms. The average Bonchev–Trinajstić information content (AvgIpc) is 2.43. The molecule has 2 heteroatoms. The van der Waals surface area contributed by atoms with Gasteiger partial charge in [0.25, 0.3) is 0 Å². The van der Waals surface area contributed by atoms with Gasteiger partial charge in [-0.15, -0.1) is 0 Å². The summed E-state index contributed by atoms with van der Waals surface area (Å²) in [6.45, 7) is 6.61. The smallest absolute Gasteiger partial charge is 0.0221 e. The van der Waals surface area contributed by atoms with Crippen LogP contribution in [0.2, 0.25) is 0 Å². The van der Waals surface area contributed by atoms with Crippen molar-refractivity contribution in [1.29, 1.82) is 0 Å². The van der Waals surface area contributed by atoms with Crippen LogP contribution in [0.25, 0.3) is 0 Å². The summed E-state index contributed by atoms with van der Waals surface area (Å²) in [5.41, 5.74) is 6.03. The molecular weight excluding hydrogens is 220 g/mol. The average molecular weight is 254 g/mol. The maximum absolute atomic E-state index is 6.03. The lowest BCUT2D eigenvalue weighted by molar-refractivity contribution is 0.107. The number of nitrogens with two attached hydrogens (primary N) is 1. The van der Waals surface area contributed by atoms with Crippen LogP contribution < -0.4 is 5.73 Å². The zero-order chi connectivity index (χ0) is 13.2. The van der Waals surface area contributed by atoms with Crippen LogP contribution in [0.5, 0.6) is 0 Å². The van der Waals surface area contributed by atoms with Crippen molar-refractivity contribution < 1.29 is 0 Å². The molecule has 0 saturated heterocycles. The van der Waals surface area contributed by atoms with Crippen LogP contribution >= 0.6 is 0 Å². The molecule has 1 atom stereocenters. The predicted octanol–water partition coefficient (Wildman–Crippen LogP) is 3.94. The Hall–Kier alpha value is -0.0800. The quantitative estimate of drug-likeness (QED) is 0.632. The molecule has 108 valence electrons. The molecule has 0 radical (unpaired) electrons. The van der Waals surface area contributed by atoms with E-state index in [4.69, 9.17) is 5.73 Å². The number of hydrogen-bond acceptors (Lipinski definition) is 2. The van der Waals surface area contributed by atoms with Crippen molar-refractivity contribution in [2.75, 3.05) is 13.1 Å². The molecule has 2 N–H and O–H groups in total. The summed E-state index contributed by atoms with van der Waals surface area (Å²) in [6, 6.07) is 1.46. The Bertz CT molecular complexity index is 188. The number of hydrogen-bond donors (Lipinski definition) is 1. The van der Waals surface area contributed by atoms with Crippen molar-refractivity contribution in [1.82, 2.24) is 4.90 Å². The molecule has 2 nitrogen and oxygen atoms in total. The Morgan fingerprint density at radius 1 is 1.06 bits per heavy atom. The molecule has 0 aliphatic heterocycles. The molecule has 0 aromatic heterocycles. The number of likely N-dealkylation sites (N-methyl/N-ethyl adjacent to an activating group) is 1. The maximum Gasteiger partial charge on any atom is 0.0221 e. The van der Waals surface area contributed by atoms with Crippen molar-refractivity contribution in [3.63, 3.8) is 0 Å². The van der Waals surface area contributed by atoms with Crippen LogP contribution in [0.15, 0.2) is 0 Å². The van der Waals surface area contributed by atoms with Crippen molar-refractivity contribution in [3.05, 3.63) is 0 Å². The molecule has 1 aliphatic carbocycles. The van der Waals surface area contributed by atoms with E-state index < -0.39 is 0 Å². The SMILES string of the molecule is CCCCCCC(CN)N(CC)C1CCCCC1. The summed E-state index contributed by atoms with van der Waals surface area (Å²) in [4.78, 5) is 2.71. The van der Waals surface area contributed by atoms with Gasteiger partial charge in [-0.3, -0.25) is 4.90 Å². The van der Waals surface area contributed by atoms with Gasteiger partial charge in [-0.25, -0.2) is 0 Å². The minimum Gasteiger partial charge on any atom is -0.329 e. The summed E-state index contributed by atoms with van der Waals surface area (Å²) in [6.07, 6.45) is 13.9. The largest absolute Gasteiger partial charge is 0.329 e. The summed E-state index contributed by atoms with van der Waals surface area (Å²) in [7, 11) is 0. The molecule has 1 rings (SSSR count). The predicted molar refractivity (Wildman–Crippen MR) is 80.9 cm³/mol. The summed E-state index contributed by atoms with van der Waals surface area (Å²) < 4.78 is 0. The summed E-state index contributed by atoms with van der Waals surface area (Å²) in [5, 5.41) is 0. The Morgan fingerprint density at radius 2 is 1.78 bits per heavy atom. The van der Waals surface area contributed by atoms with E-state index >= 15 is 0 Å². The molecule has 1 unspecified atom stereocenters. The van der Waals surface area contributed by atoms with E-state index in [1.54, 1.807) is 0 Å². The topological polar surface area (TPSA) is 29.3 Å². The third-order valence-corrected chi connectivity index (χ3v) is 4.54. The van der Waals surface area contributed by atoms with E-state index in [-0.39, 0.29) is 0 Å². The first-order valence-corrected chi connectivity index (χ1v) is 8.29. The molecule has 0 aromatic carbocycles. The highest BCUT2D eigenvalue weighted by Crippen LogP contribution is 2.25. The Balaban J connectivity index is 2.37. The third kappa shape index (κ3) is 5.27. The van der Waals surface area contributed by atoms with Gasteiger partial charge in [0, 0.05) is 18.6 Å². The highest BCUT2D eigenvalue weighted by molar-refractivity contribution is 4.81. The van der Waals surface area contributed by atoms with Gasteiger partial charge in [0.1, 0.15) is 0 Å². The fourth-order valence-electron chi connectivity index (χ4n) is 3.45. The van der Waals surface area contributed by atoms with Crippen LogP contribution in [0.3, 0.4) is 0 Å². The normalized spacial score (nSPS) is 19.3. The lowest BCUT2D eigenvalue weighted by Crippen LogP contribution is -2.47. The van der Waals surface area contributed by atoms with E-state index in [9.17, 15) is 0 Å². The van der Waals surface area contributed by atoms with Gasteiger partial charge in [0.2, 0.25) is 0 Å². The zero-order valence-corrected chi connectivity index (χ0v) is 12.7. The minimum atomic E-state index is 0.634. The van der Waals surface area contributed by atoms with Gasteiger partial charge in [-0.05, 0) is 25.8 Å². The number of unbranched alkanes of at least 4 members (excludes halogenated alkanes) is 3. The van der Waals surface area contributed by atoms with Gasteiger partial charge in [0.05, 0.1) is 0 Å². The molecular formula is C16H34N2. The fraction of sp³-hybridized carbons (Fsp3) is 1.00. The van der Waals surface area contributed by atoms with E-state index in [2.05, 4.69) is 18.7 Å². The van der Waals surface area contributed by atoms with Crippen LogP contribution in [0.4, 0.5) is 0 Å². The molecule has 0 amide bonds. The van der Waals surface area contributed by atoms with Crippen molar-refractivity contribution in [2.24, 2.45) is 5.73 Å². The van der Waals surface area contributed by atoms with Gasteiger partial charge < -0.3 is 5.73 Å². The lowest BCUT2D eigenvalue weighted by Gasteiger charge is -2.39.